The molecule has 1 saturated carbocycles. The Hall–Kier alpha value is -1.22. The quantitative estimate of drug-likeness (QED) is 0.829. The van der Waals surface area contributed by atoms with Gasteiger partial charge in [-0.05, 0) is 50.7 Å². The fraction of sp³-hybridized carbons (Fsp3) is 0.625. The summed E-state index contributed by atoms with van der Waals surface area (Å²) in [6.45, 7) is 1.94. The molecule has 2 aliphatic rings. The Labute approximate surface area is 114 Å². The second kappa shape index (κ2) is 5.41. The Morgan fingerprint density at radius 2 is 2.05 bits per heavy atom. The third-order valence-corrected chi connectivity index (χ3v) is 4.66. The van der Waals surface area contributed by atoms with Gasteiger partial charge in [-0.25, -0.2) is 0 Å². The summed E-state index contributed by atoms with van der Waals surface area (Å²) in [5, 5.41) is 3.59. The topological polar surface area (TPSA) is 42.0 Å². The molecule has 2 heterocycles. The minimum atomic E-state index is 0.00357. The molecule has 2 fully saturated rings. The van der Waals surface area contributed by atoms with E-state index in [2.05, 4.69) is 10.3 Å². The van der Waals surface area contributed by atoms with E-state index in [1.54, 1.807) is 6.20 Å². The van der Waals surface area contributed by atoms with Gasteiger partial charge in [0.1, 0.15) is 0 Å². The number of aryl methyl sites for hydroxylation is 1. The molecule has 0 radical (unpaired) electrons. The number of pyridine rings is 1. The highest BCUT2D eigenvalue weighted by molar-refractivity contribution is 5.99. The number of piperidine rings is 1. The molecule has 1 saturated heterocycles. The number of Topliss-reactive ketones (excluding diaryl/α,β-unsaturated/α-hetero) is 1. The minimum Gasteiger partial charge on any atom is -0.304 e. The predicted molar refractivity (Wildman–Crippen MR) is 75.2 cm³/mol. The first kappa shape index (κ1) is 12.8. The summed E-state index contributed by atoms with van der Waals surface area (Å²) in [6.07, 6.45) is 9.14. The van der Waals surface area contributed by atoms with Gasteiger partial charge in [-0.1, -0.05) is 12.8 Å². The number of ketones is 1. The summed E-state index contributed by atoms with van der Waals surface area (Å²) in [7, 11) is 0. The van der Waals surface area contributed by atoms with Crippen molar-refractivity contribution in [3.05, 3.63) is 29.6 Å². The molecule has 19 heavy (non-hydrogen) atoms. The highest BCUT2D eigenvalue weighted by Gasteiger charge is 2.34. The van der Waals surface area contributed by atoms with E-state index in [1.165, 1.54) is 32.1 Å². The molecule has 0 amide bonds. The predicted octanol–water partition coefficient (Wildman–Crippen LogP) is 2.88. The van der Waals surface area contributed by atoms with Crippen molar-refractivity contribution < 1.29 is 4.79 Å². The van der Waals surface area contributed by atoms with Crippen molar-refractivity contribution in [2.24, 2.45) is 5.92 Å². The van der Waals surface area contributed by atoms with Crippen LogP contribution in [0.2, 0.25) is 0 Å². The molecule has 3 unspecified atom stereocenters. The van der Waals surface area contributed by atoms with Crippen molar-refractivity contribution in [2.45, 2.75) is 57.5 Å². The second-order valence-electron chi connectivity index (χ2n) is 6.00. The molecule has 1 aliphatic carbocycles. The summed E-state index contributed by atoms with van der Waals surface area (Å²) in [5.41, 5.74) is 1.71. The highest BCUT2D eigenvalue weighted by atomic mass is 16.1. The Kier molecular flexibility index (Phi) is 3.65. The van der Waals surface area contributed by atoms with E-state index in [0.29, 0.717) is 6.04 Å². The number of fused-ring (bicyclic) bond motifs is 1. The van der Waals surface area contributed by atoms with Crippen molar-refractivity contribution in [2.75, 3.05) is 0 Å². The van der Waals surface area contributed by atoms with Gasteiger partial charge in [0.2, 0.25) is 0 Å². The maximum atomic E-state index is 12.5. The fourth-order valence-corrected chi connectivity index (χ4v) is 3.52. The molecule has 0 bridgehead atoms. The first-order valence-electron chi connectivity index (χ1n) is 7.47. The van der Waals surface area contributed by atoms with E-state index < -0.39 is 0 Å². The van der Waals surface area contributed by atoms with E-state index in [4.69, 9.17) is 0 Å². The first-order valence-corrected chi connectivity index (χ1v) is 7.47. The van der Waals surface area contributed by atoms with Crippen LogP contribution in [0.5, 0.6) is 0 Å². The van der Waals surface area contributed by atoms with Gasteiger partial charge in [0.15, 0.2) is 5.78 Å². The lowest BCUT2D eigenvalue weighted by Gasteiger charge is -2.40. The van der Waals surface area contributed by atoms with Crippen LogP contribution in [0.25, 0.3) is 0 Å². The van der Waals surface area contributed by atoms with Crippen molar-refractivity contribution in [3.8, 4) is 0 Å². The molecule has 3 nitrogen and oxygen atoms in total. The Morgan fingerprint density at radius 1 is 1.21 bits per heavy atom. The van der Waals surface area contributed by atoms with Gasteiger partial charge >= 0.3 is 0 Å². The van der Waals surface area contributed by atoms with Gasteiger partial charge in [0, 0.05) is 23.5 Å². The van der Waals surface area contributed by atoms with Crippen LogP contribution < -0.4 is 5.32 Å². The maximum absolute atomic E-state index is 12.5. The monoisotopic (exact) mass is 258 g/mol. The molecule has 1 aromatic heterocycles. The third kappa shape index (κ3) is 2.71. The largest absolute Gasteiger partial charge is 0.304 e. The average molecular weight is 258 g/mol. The summed E-state index contributed by atoms with van der Waals surface area (Å²) in [6, 6.07) is 4.39. The molecule has 1 N–H and O–H groups in total. The number of hydrogen-bond donors (Lipinski definition) is 1. The molecule has 1 aromatic rings. The zero-order valence-corrected chi connectivity index (χ0v) is 11.6. The normalized spacial score (nSPS) is 30.7. The van der Waals surface area contributed by atoms with Gasteiger partial charge in [-0.15, -0.1) is 0 Å². The maximum Gasteiger partial charge on any atom is 0.181 e. The van der Waals surface area contributed by atoms with Gasteiger partial charge in [-0.2, -0.15) is 0 Å². The summed E-state index contributed by atoms with van der Waals surface area (Å²) in [4.78, 5) is 16.7. The number of carbonyl (C=O) groups excluding carboxylic acids is 1. The van der Waals surface area contributed by atoms with Crippen molar-refractivity contribution >= 4 is 5.78 Å². The number of hydrogen-bond acceptors (Lipinski definition) is 3. The molecular formula is C16H22N2O. The number of rotatable bonds is 2. The van der Waals surface area contributed by atoms with E-state index in [1.807, 2.05) is 19.1 Å². The summed E-state index contributed by atoms with van der Waals surface area (Å²) < 4.78 is 0. The number of nitrogens with zero attached hydrogens (tertiary/aromatic N) is 1. The van der Waals surface area contributed by atoms with Gasteiger partial charge in [0.25, 0.3) is 0 Å². The highest BCUT2D eigenvalue weighted by Crippen LogP contribution is 2.32. The number of nitrogens with one attached hydrogen (secondary N) is 1. The molecule has 3 rings (SSSR count). The first-order chi connectivity index (χ1) is 9.24. The molecular weight excluding hydrogens is 236 g/mol. The molecule has 0 aromatic carbocycles. The smallest absolute Gasteiger partial charge is 0.181 e. The molecule has 3 heteroatoms. The zero-order chi connectivity index (χ0) is 13.2. The lowest BCUT2D eigenvalue weighted by molar-refractivity contribution is 0.0861. The third-order valence-electron chi connectivity index (χ3n) is 4.66. The van der Waals surface area contributed by atoms with Crippen LogP contribution >= 0.6 is 0 Å². The van der Waals surface area contributed by atoms with Crippen LogP contribution in [0.4, 0.5) is 0 Å². The lowest BCUT2D eigenvalue weighted by atomic mass is 9.77. The van der Waals surface area contributed by atoms with Gasteiger partial charge < -0.3 is 5.32 Å². The fourth-order valence-electron chi connectivity index (χ4n) is 3.52. The van der Waals surface area contributed by atoms with Crippen LogP contribution in [0.1, 0.15) is 54.6 Å². The van der Waals surface area contributed by atoms with Crippen molar-refractivity contribution in [1.82, 2.24) is 10.3 Å². The van der Waals surface area contributed by atoms with Gasteiger partial charge in [0.05, 0.1) is 6.04 Å². The van der Waals surface area contributed by atoms with Crippen LogP contribution in [0, 0.1) is 12.8 Å². The zero-order valence-electron chi connectivity index (χ0n) is 11.6. The van der Waals surface area contributed by atoms with Crippen LogP contribution in [-0.4, -0.2) is 22.9 Å². The summed E-state index contributed by atoms with van der Waals surface area (Å²) >= 11 is 0. The Bertz CT molecular complexity index is 454. The number of carbonyl (C=O) groups is 1. The molecule has 102 valence electrons. The molecule has 3 atom stereocenters. The van der Waals surface area contributed by atoms with E-state index in [0.717, 1.165) is 23.6 Å². The van der Waals surface area contributed by atoms with Crippen LogP contribution in [0.3, 0.4) is 0 Å². The van der Waals surface area contributed by atoms with Crippen LogP contribution in [0.15, 0.2) is 18.3 Å². The molecule has 0 spiro atoms. The van der Waals surface area contributed by atoms with E-state index >= 15 is 0 Å². The lowest BCUT2D eigenvalue weighted by Crippen LogP contribution is -2.52. The van der Waals surface area contributed by atoms with Crippen LogP contribution in [-0.2, 0) is 0 Å². The minimum absolute atomic E-state index is 0.00357. The Morgan fingerprint density at radius 3 is 2.84 bits per heavy atom. The van der Waals surface area contributed by atoms with Crippen molar-refractivity contribution in [3.63, 3.8) is 0 Å². The SMILES string of the molecule is Cc1ccc(C(=O)C2CCC3CCCCC3N2)cn1. The standard InChI is InChI=1S/C16H22N2O/c1-11-6-7-13(10-17-11)16(19)15-9-8-12-4-2-3-5-14(12)18-15/h6-7,10,12,14-15,18H,2-5,8-9H2,1H3. The van der Waals surface area contributed by atoms with E-state index in [9.17, 15) is 4.79 Å². The summed E-state index contributed by atoms with van der Waals surface area (Å²) in [5.74, 6) is 1.02. The molecule has 1 aliphatic heterocycles. The van der Waals surface area contributed by atoms with E-state index in [-0.39, 0.29) is 11.8 Å². The number of aromatic nitrogens is 1. The van der Waals surface area contributed by atoms with Gasteiger partial charge in [-0.3, -0.25) is 9.78 Å². The Balaban J connectivity index is 1.69. The second-order valence-corrected chi connectivity index (χ2v) is 6.00. The average Bonchev–Trinajstić information content (AvgIpc) is 2.47. The van der Waals surface area contributed by atoms with Crippen molar-refractivity contribution in [1.29, 1.82) is 0 Å².